The zero-order valence-corrected chi connectivity index (χ0v) is 13.0. The van der Waals surface area contributed by atoms with Gasteiger partial charge in [0, 0.05) is 0 Å². The summed E-state index contributed by atoms with van der Waals surface area (Å²) in [4.78, 5) is 25.1. The molecule has 2 rings (SSSR count). The lowest BCUT2D eigenvalue weighted by Crippen LogP contribution is -2.31. The molecule has 1 aromatic heterocycles. The molecule has 98 valence electrons. The van der Waals surface area contributed by atoms with Crippen molar-refractivity contribution in [2.45, 2.75) is 19.0 Å². The Kier molecular flexibility index (Phi) is 4.69. The number of nitrogens with one attached hydrogen (secondary N) is 1. The van der Waals surface area contributed by atoms with Gasteiger partial charge < -0.3 is 5.32 Å². The van der Waals surface area contributed by atoms with Crippen molar-refractivity contribution in [3.63, 3.8) is 0 Å². The first-order valence-electron chi connectivity index (χ1n) is 5.45. The Balaban J connectivity index is 2.00. The maximum Gasteiger partial charge on any atom is 0.325 e. The quantitative estimate of drug-likeness (QED) is 0.832. The lowest BCUT2D eigenvalue weighted by Gasteiger charge is -2.11. The Hall–Kier alpha value is -0.530. The average Bonchev–Trinajstić information content (AvgIpc) is 2.86. The molecule has 3 amide bonds. The lowest BCUT2D eigenvalue weighted by atomic mass is 10.2. The highest BCUT2D eigenvalue weighted by molar-refractivity contribution is 9.11. The van der Waals surface area contributed by atoms with E-state index in [-0.39, 0.29) is 18.0 Å². The molecule has 1 aliphatic rings. The van der Waals surface area contributed by atoms with E-state index in [1.54, 1.807) is 23.1 Å². The predicted octanol–water partition coefficient (Wildman–Crippen LogP) is 2.68. The van der Waals surface area contributed by atoms with Crippen molar-refractivity contribution in [1.82, 2.24) is 10.2 Å². The zero-order valence-electron chi connectivity index (χ0n) is 9.81. The third kappa shape index (κ3) is 3.07. The zero-order chi connectivity index (χ0) is 13.1. The molecule has 1 atom stereocenters. The maximum absolute atomic E-state index is 12.1. The number of carbonyl (C=O) groups excluding carboxylic acids is 2. The first kappa shape index (κ1) is 13.9. The van der Waals surface area contributed by atoms with Gasteiger partial charge in [0.1, 0.15) is 6.04 Å². The van der Waals surface area contributed by atoms with Crippen molar-refractivity contribution in [2.24, 2.45) is 0 Å². The van der Waals surface area contributed by atoms with Crippen LogP contribution in [0.5, 0.6) is 0 Å². The van der Waals surface area contributed by atoms with E-state index in [0.717, 1.165) is 15.1 Å². The first-order valence-corrected chi connectivity index (χ1v) is 8.52. The van der Waals surface area contributed by atoms with Crippen molar-refractivity contribution in [2.75, 3.05) is 12.0 Å². The molecule has 1 aliphatic heterocycles. The number of halogens is 1. The molecule has 0 aliphatic carbocycles. The summed E-state index contributed by atoms with van der Waals surface area (Å²) in [6.45, 7) is 0.350. The van der Waals surface area contributed by atoms with E-state index < -0.39 is 0 Å². The summed E-state index contributed by atoms with van der Waals surface area (Å²) in [5, 5.41) is 4.68. The number of amides is 3. The minimum absolute atomic E-state index is 0.114. The molecule has 1 fully saturated rings. The highest BCUT2D eigenvalue weighted by atomic mass is 79.9. The number of rotatable bonds is 5. The smallest absolute Gasteiger partial charge is 0.325 e. The van der Waals surface area contributed by atoms with Gasteiger partial charge in [-0.15, -0.1) is 11.3 Å². The van der Waals surface area contributed by atoms with Crippen LogP contribution in [0.25, 0.3) is 0 Å². The summed E-state index contributed by atoms with van der Waals surface area (Å²) in [7, 11) is 0. The monoisotopic (exact) mass is 348 g/mol. The summed E-state index contributed by atoms with van der Waals surface area (Å²) in [6.07, 6.45) is 2.68. The molecule has 1 saturated heterocycles. The van der Waals surface area contributed by atoms with Crippen LogP contribution in [-0.4, -0.2) is 34.9 Å². The largest absolute Gasteiger partial charge is 0.326 e. The Morgan fingerprint density at radius 1 is 1.56 bits per heavy atom. The Bertz CT molecular complexity index is 464. The van der Waals surface area contributed by atoms with Gasteiger partial charge in [0.2, 0.25) is 0 Å². The molecule has 1 aromatic rings. The fraction of sp³-hybridized carbons (Fsp3) is 0.455. The second-order valence-electron chi connectivity index (χ2n) is 3.97. The van der Waals surface area contributed by atoms with Crippen LogP contribution >= 0.6 is 39.0 Å². The minimum atomic E-state index is -0.355. The number of urea groups is 1. The van der Waals surface area contributed by atoms with Gasteiger partial charge in [0.05, 0.1) is 10.3 Å². The predicted molar refractivity (Wildman–Crippen MR) is 77.9 cm³/mol. The molecule has 4 nitrogen and oxygen atoms in total. The van der Waals surface area contributed by atoms with Crippen molar-refractivity contribution < 1.29 is 9.59 Å². The molecule has 0 spiro atoms. The average molecular weight is 349 g/mol. The standard InChI is InChI=1S/C11H13BrN2O2S2/c1-17-3-2-8-10(15)14(11(16)13-8)5-7-4-9(12)18-6-7/h4,6,8H,2-3,5H2,1H3,(H,13,16)/t8-/m1/s1. The van der Waals surface area contributed by atoms with Crippen molar-refractivity contribution in [3.8, 4) is 0 Å². The molecule has 1 N–H and O–H groups in total. The Labute approximate surface area is 122 Å². The van der Waals surface area contributed by atoms with Gasteiger partial charge in [-0.05, 0) is 51.4 Å². The fourth-order valence-corrected chi connectivity index (χ4v) is 3.44. The molecular weight excluding hydrogens is 336 g/mol. The SMILES string of the molecule is CSCC[C@H]1NC(=O)N(Cc2csc(Br)c2)C1=O. The molecule has 0 aromatic carbocycles. The fourth-order valence-electron chi connectivity index (χ4n) is 1.77. The second kappa shape index (κ2) is 6.08. The van der Waals surface area contributed by atoms with Crippen molar-refractivity contribution in [1.29, 1.82) is 0 Å². The van der Waals surface area contributed by atoms with E-state index >= 15 is 0 Å². The number of hydrogen-bond donors (Lipinski definition) is 1. The second-order valence-corrected chi connectivity index (χ2v) is 7.24. The van der Waals surface area contributed by atoms with Gasteiger partial charge in [-0.25, -0.2) is 4.79 Å². The summed E-state index contributed by atoms with van der Waals surface area (Å²) < 4.78 is 1.00. The van der Waals surface area contributed by atoms with E-state index in [0.29, 0.717) is 13.0 Å². The summed E-state index contributed by atoms with van der Waals surface area (Å²) in [5.74, 6) is 0.755. The van der Waals surface area contributed by atoms with Crippen LogP contribution in [0, 0.1) is 0 Å². The molecule has 0 saturated carbocycles. The minimum Gasteiger partial charge on any atom is -0.326 e. The van der Waals surface area contributed by atoms with Gasteiger partial charge in [-0.3, -0.25) is 9.69 Å². The third-order valence-electron chi connectivity index (χ3n) is 2.68. The van der Waals surface area contributed by atoms with Crippen LogP contribution in [0.1, 0.15) is 12.0 Å². The van der Waals surface area contributed by atoms with E-state index in [1.807, 2.05) is 17.7 Å². The first-order chi connectivity index (χ1) is 8.61. The highest BCUT2D eigenvalue weighted by Crippen LogP contribution is 2.23. The highest BCUT2D eigenvalue weighted by Gasteiger charge is 2.37. The summed E-state index contributed by atoms with van der Waals surface area (Å²) in [5.41, 5.74) is 0.973. The number of nitrogens with zero attached hydrogens (tertiary/aromatic N) is 1. The van der Waals surface area contributed by atoms with E-state index in [1.165, 1.54) is 4.90 Å². The van der Waals surface area contributed by atoms with Crippen molar-refractivity contribution in [3.05, 3.63) is 20.8 Å². The molecule has 7 heteroatoms. The van der Waals surface area contributed by atoms with Gasteiger partial charge in [-0.1, -0.05) is 0 Å². The molecule has 0 unspecified atom stereocenters. The summed E-state index contributed by atoms with van der Waals surface area (Å²) in [6, 6.07) is 1.29. The van der Waals surface area contributed by atoms with Crippen LogP contribution in [-0.2, 0) is 11.3 Å². The molecule has 2 heterocycles. The van der Waals surface area contributed by atoms with Crippen LogP contribution in [0.2, 0.25) is 0 Å². The van der Waals surface area contributed by atoms with E-state index in [9.17, 15) is 9.59 Å². The van der Waals surface area contributed by atoms with E-state index in [2.05, 4.69) is 21.2 Å². The van der Waals surface area contributed by atoms with Gasteiger partial charge in [0.25, 0.3) is 5.91 Å². The molecule has 0 radical (unpaired) electrons. The molecule has 0 bridgehead atoms. The van der Waals surface area contributed by atoms with Gasteiger partial charge in [0.15, 0.2) is 0 Å². The Morgan fingerprint density at radius 2 is 2.33 bits per heavy atom. The number of carbonyl (C=O) groups is 2. The van der Waals surface area contributed by atoms with Gasteiger partial charge >= 0.3 is 6.03 Å². The van der Waals surface area contributed by atoms with Crippen LogP contribution in [0.3, 0.4) is 0 Å². The topological polar surface area (TPSA) is 49.4 Å². The third-order valence-corrected chi connectivity index (χ3v) is 4.88. The number of thiophene rings is 1. The number of hydrogen-bond acceptors (Lipinski definition) is 4. The molecule has 18 heavy (non-hydrogen) atoms. The summed E-state index contributed by atoms with van der Waals surface area (Å²) >= 11 is 6.59. The number of thioether (sulfide) groups is 1. The lowest BCUT2D eigenvalue weighted by molar-refractivity contribution is -0.127. The molecular formula is C11H13BrN2O2S2. The van der Waals surface area contributed by atoms with Crippen molar-refractivity contribution >= 4 is 51.0 Å². The van der Waals surface area contributed by atoms with Crippen LogP contribution in [0.4, 0.5) is 4.79 Å². The Morgan fingerprint density at radius 3 is 2.94 bits per heavy atom. The van der Waals surface area contributed by atoms with E-state index in [4.69, 9.17) is 0 Å². The maximum atomic E-state index is 12.1. The van der Waals surface area contributed by atoms with Gasteiger partial charge in [-0.2, -0.15) is 11.8 Å². The van der Waals surface area contributed by atoms with Crippen LogP contribution in [0.15, 0.2) is 15.2 Å². The number of imide groups is 1. The van der Waals surface area contributed by atoms with Crippen LogP contribution < -0.4 is 5.32 Å². The normalized spacial score (nSPS) is 19.4.